The summed E-state index contributed by atoms with van der Waals surface area (Å²) in [6.07, 6.45) is 0. The molecule has 22 heavy (non-hydrogen) atoms. The number of amides is 1. The molecule has 0 saturated carbocycles. The van der Waals surface area contributed by atoms with Crippen LogP contribution in [0.5, 0.6) is 0 Å². The molecule has 2 N–H and O–H groups in total. The molecule has 1 amide bonds. The Morgan fingerprint density at radius 2 is 1.59 bits per heavy atom. The molecule has 0 bridgehead atoms. The van der Waals surface area contributed by atoms with Crippen LogP contribution in [0.1, 0.15) is 20.8 Å². The fraction of sp³-hybridized carbons (Fsp3) is 0.400. The van der Waals surface area contributed by atoms with Crippen LogP contribution in [0.15, 0.2) is 24.3 Å². The lowest BCUT2D eigenvalue weighted by atomic mass is 10.2. The van der Waals surface area contributed by atoms with E-state index in [-0.39, 0.29) is 19.1 Å². The highest BCUT2D eigenvalue weighted by molar-refractivity contribution is 6.02. The summed E-state index contributed by atoms with van der Waals surface area (Å²) in [4.78, 5) is 34.8. The molecule has 0 aromatic heterocycles. The van der Waals surface area contributed by atoms with Crippen molar-refractivity contribution in [1.82, 2.24) is 0 Å². The number of rotatable bonds is 7. The van der Waals surface area contributed by atoms with Crippen molar-refractivity contribution in [3.05, 3.63) is 24.3 Å². The highest BCUT2D eigenvalue weighted by atomic mass is 16.6. The van der Waals surface area contributed by atoms with E-state index in [1.165, 1.54) is 6.92 Å². The second kappa shape index (κ2) is 8.66. The average Bonchev–Trinajstić information content (AvgIpc) is 2.45. The first kappa shape index (κ1) is 17.5. The third kappa shape index (κ3) is 5.43. The van der Waals surface area contributed by atoms with Crippen LogP contribution < -0.4 is 10.6 Å². The standard InChI is InChI=1S/C15H20N2O5/c1-4-21-14(19)13(15(20)22-5-2)17-12-8-6-7-11(9-12)16-10(3)18/h6-9,13,17H,4-5H2,1-3H3,(H,16,18). The van der Waals surface area contributed by atoms with Crippen molar-refractivity contribution < 1.29 is 23.9 Å². The van der Waals surface area contributed by atoms with Crippen LogP contribution >= 0.6 is 0 Å². The zero-order valence-corrected chi connectivity index (χ0v) is 12.8. The fourth-order valence-electron chi connectivity index (χ4n) is 1.72. The lowest BCUT2D eigenvalue weighted by Gasteiger charge is -2.17. The van der Waals surface area contributed by atoms with Crippen LogP contribution in [0.25, 0.3) is 0 Å². The summed E-state index contributed by atoms with van der Waals surface area (Å²) in [5, 5.41) is 5.38. The molecule has 120 valence electrons. The lowest BCUT2D eigenvalue weighted by molar-refractivity contribution is -0.155. The van der Waals surface area contributed by atoms with Gasteiger partial charge in [-0.15, -0.1) is 0 Å². The van der Waals surface area contributed by atoms with E-state index < -0.39 is 18.0 Å². The smallest absolute Gasteiger partial charge is 0.340 e. The van der Waals surface area contributed by atoms with E-state index in [4.69, 9.17) is 9.47 Å². The van der Waals surface area contributed by atoms with E-state index in [1.807, 2.05) is 0 Å². The summed E-state index contributed by atoms with van der Waals surface area (Å²) in [5.41, 5.74) is 1.03. The Balaban J connectivity index is 2.90. The highest BCUT2D eigenvalue weighted by Crippen LogP contribution is 2.16. The molecule has 0 atom stereocenters. The number of benzene rings is 1. The Kier molecular flexibility index (Phi) is 6.88. The van der Waals surface area contributed by atoms with Crippen molar-refractivity contribution in [1.29, 1.82) is 0 Å². The van der Waals surface area contributed by atoms with Crippen LogP contribution in [0.3, 0.4) is 0 Å². The Bertz CT molecular complexity index is 526. The van der Waals surface area contributed by atoms with Gasteiger partial charge in [-0.2, -0.15) is 0 Å². The Morgan fingerprint density at radius 3 is 2.09 bits per heavy atom. The van der Waals surface area contributed by atoms with E-state index in [0.717, 1.165) is 0 Å². The maximum absolute atomic E-state index is 11.9. The molecule has 0 fully saturated rings. The average molecular weight is 308 g/mol. The number of hydrogen-bond donors (Lipinski definition) is 2. The van der Waals surface area contributed by atoms with E-state index in [0.29, 0.717) is 11.4 Å². The Morgan fingerprint density at radius 1 is 1.05 bits per heavy atom. The Labute approximate surface area is 129 Å². The largest absolute Gasteiger partial charge is 0.464 e. The van der Waals surface area contributed by atoms with Gasteiger partial charge in [0, 0.05) is 18.3 Å². The van der Waals surface area contributed by atoms with Crippen molar-refractivity contribution in [3.8, 4) is 0 Å². The molecule has 0 aliphatic carbocycles. The van der Waals surface area contributed by atoms with Crippen LogP contribution in [0.4, 0.5) is 11.4 Å². The minimum absolute atomic E-state index is 0.155. The molecule has 0 aliphatic heterocycles. The molecule has 0 radical (unpaired) electrons. The third-order valence-corrected chi connectivity index (χ3v) is 2.54. The topological polar surface area (TPSA) is 93.7 Å². The van der Waals surface area contributed by atoms with E-state index in [1.54, 1.807) is 38.1 Å². The molecule has 1 rings (SSSR count). The van der Waals surface area contributed by atoms with Crippen LogP contribution in [-0.2, 0) is 23.9 Å². The SMILES string of the molecule is CCOC(=O)C(Nc1cccc(NC(C)=O)c1)C(=O)OCC. The van der Waals surface area contributed by atoms with Gasteiger partial charge >= 0.3 is 11.9 Å². The van der Waals surface area contributed by atoms with Crippen LogP contribution in [0, 0.1) is 0 Å². The van der Waals surface area contributed by atoms with Crippen molar-refractivity contribution in [3.63, 3.8) is 0 Å². The summed E-state index contributed by atoms with van der Waals surface area (Å²) in [6, 6.07) is 5.38. The number of ether oxygens (including phenoxy) is 2. The van der Waals surface area contributed by atoms with Gasteiger partial charge in [0.15, 0.2) is 0 Å². The molecule has 1 aromatic carbocycles. The third-order valence-electron chi connectivity index (χ3n) is 2.54. The van der Waals surface area contributed by atoms with Crippen molar-refractivity contribution in [2.75, 3.05) is 23.8 Å². The van der Waals surface area contributed by atoms with Crippen LogP contribution in [-0.4, -0.2) is 37.1 Å². The molecule has 0 spiro atoms. The van der Waals surface area contributed by atoms with Crippen molar-refractivity contribution in [2.45, 2.75) is 26.8 Å². The number of nitrogens with one attached hydrogen (secondary N) is 2. The number of hydrogen-bond acceptors (Lipinski definition) is 6. The molecule has 0 saturated heterocycles. The maximum atomic E-state index is 11.9. The summed E-state index contributed by atoms with van der Waals surface area (Å²) < 4.78 is 9.73. The van der Waals surface area contributed by atoms with Gasteiger partial charge in [-0.25, -0.2) is 9.59 Å². The van der Waals surface area contributed by atoms with Gasteiger partial charge in [-0.3, -0.25) is 4.79 Å². The summed E-state index contributed by atoms with van der Waals surface area (Å²) >= 11 is 0. The molecule has 7 nitrogen and oxygen atoms in total. The molecule has 0 aliphatic rings. The van der Waals surface area contributed by atoms with Gasteiger partial charge in [0.05, 0.1) is 13.2 Å². The fourth-order valence-corrected chi connectivity index (χ4v) is 1.72. The zero-order valence-electron chi connectivity index (χ0n) is 12.8. The van der Waals surface area contributed by atoms with Gasteiger partial charge in [0.25, 0.3) is 0 Å². The quantitative estimate of drug-likeness (QED) is 0.586. The highest BCUT2D eigenvalue weighted by Gasteiger charge is 2.29. The molecule has 1 aromatic rings. The first-order valence-corrected chi connectivity index (χ1v) is 6.95. The normalized spacial score (nSPS) is 10.0. The summed E-state index contributed by atoms with van der Waals surface area (Å²) in [5.74, 6) is -1.65. The van der Waals surface area contributed by atoms with Gasteiger partial charge in [0.2, 0.25) is 11.9 Å². The monoisotopic (exact) mass is 308 g/mol. The van der Waals surface area contributed by atoms with Gasteiger partial charge < -0.3 is 20.1 Å². The number of anilines is 2. The summed E-state index contributed by atoms with van der Waals surface area (Å²) in [7, 11) is 0. The second-order valence-corrected chi connectivity index (χ2v) is 4.34. The van der Waals surface area contributed by atoms with E-state index in [9.17, 15) is 14.4 Å². The molecular formula is C15H20N2O5. The van der Waals surface area contributed by atoms with Gasteiger partial charge in [-0.05, 0) is 32.0 Å². The number of esters is 2. The second-order valence-electron chi connectivity index (χ2n) is 4.34. The predicted octanol–water partition coefficient (Wildman–Crippen LogP) is 1.55. The zero-order chi connectivity index (χ0) is 16.5. The maximum Gasteiger partial charge on any atom is 0.340 e. The van der Waals surface area contributed by atoms with E-state index in [2.05, 4.69) is 10.6 Å². The number of carbonyl (C=O) groups is 3. The van der Waals surface area contributed by atoms with Gasteiger partial charge in [-0.1, -0.05) is 6.07 Å². The molecular weight excluding hydrogens is 288 g/mol. The van der Waals surface area contributed by atoms with Crippen molar-refractivity contribution >= 4 is 29.2 Å². The number of carbonyl (C=O) groups excluding carboxylic acids is 3. The lowest BCUT2D eigenvalue weighted by Crippen LogP contribution is -2.40. The minimum atomic E-state index is -1.26. The summed E-state index contributed by atoms with van der Waals surface area (Å²) in [6.45, 7) is 5.00. The van der Waals surface area contributed by atoms with Crippen LogP contribution in [0.2, 0.25) is 0 Å². The van der Waals surface area contributed by atoms with E-state index >= 15 is 0 Å². The molecule has 7 heteroatoms. The Hall–Kier alpha value is -2.57. The predicted molar refractivity (Wildman–Crippen MR) is 81.4 cm³/mol. The first-order chi connectivity index (χ1) is 10.5. The molecule has 0 unspecified atom stereocenters. The first-order valence-electron chi connectivity index (χ1n) is 6.95. The minimum Gasteiger partial charge on any atom is -0.464 e. The van der Waals surface area contributed by atoms with Crippen molar-refractivity contribution in [2.24, 2.45) is 0 Å². The van der Waals surface area contributed by atoms with Gasteiger partial charge in [0.1, 0.15) is 0 Å². The molecule has 0 heterocycles.